The van der Waals surface area contributed by atoms with Crippen molar-refractivity contribution in [2.24, 2.45) is 4.99 Å². The van der Waals surface area contributed by atoms with E-state index < -0.39 is 17.5 Å². The Morgan fingerprint density at radius 1 is 1.38 bits per heavy atom. The van der Waals surface area contributed by atoms with E-state index >= 15 is 0 Å². The zero-order chi connectivity index (χ0) is 21.1. The van der Waals surface area contributed by atoms with Crippen molar-refractivity contribution in [3.05, 3.63) is 39.6 Å². The minimum absolute atomic E-state index is 0.0463. The van der Waals surface area contributed by atoms with Gasteiger partial charge in [-0.15, -0.1) is 11.3 Å². The van der Waals surface area contributed by atoms with Gasteiger partial charge in [-0.2, -0.15) is 0 Å². The fraction of sp³-hybridized carbons (Fsp3) is 0.316. The van der Waals surface area contributed by atoms with Gasteiger partial charge in [-0.3, -0.25) is 19.4 Å². The molecule has 0 fully saturated rings. The van der Waals surface area contributed by atoms with Gasteiger partial charge in [0.25, 0.3) is 5.91 Å². The quantitative estimate of drug-likeness (QED) is 0.773. The molecule has 152 valence electrons. The Bertz CT molecular complexity index is 1020. The van der Waals surface area contributed by atoms with E-state index in [1.807, 2.05) is 19.0 Å². The second kappa shape index (κ2) is 8.58. The first-order valence-electron chi connectivity index (χ1n) is 8.71. The second-order valence-corrected chi connectivity index (χ2v) is 7.56. The zero-order valence-electron chi connectivity index (χ0n) is 16.1. The van der Waals surface area contributed by atoms with Crippen LogP contribution in [0.15, 0.2) is 23.2 Å². The number of ether oxygens (including phenoxy) is 1. The lowest BCUT2D eigenvalue weighted by Gasteiger charge is -2.11. The number of thiazole rings is 1. The van der Waals surface area contributed by atoms with E-state index in [-0.39, 0.29) is 44.9 Å². The van der Waals surface area contributed by atoms with Crippen molar-refractivity contribution in [2.75, 3.05) is 39.6 Å². The Balaban J connectivity index is 1.79. The Morgan fingerprint density at radius 3 is 2.79 bits per heavy atom. The number of nitrogens with one attached hydrogen (secondary N) is 1. The monoisotopic (exact) mass is 418 g/mol. The number of anilines is 1. The van der Waals surface area contributed by atoms with Crippen molar-refractivity contribution in [1.29, 1.82) is 0 Å². The van der Waals surface area contributed by atoms with E-state index in [0.717, 1.165) is 17.4 Å². The molecule has 10 heteroatoms. The molecule has 1 aliphatic carbocycles. The van der Waals surface area contributed by atoms with Crippen LogP contribution in [0.25, 0.3) is 0 Å². The lowest BCUT2D eigenvalue weighted by atomic mass is 9.98. The maximum absolute atomic E-state index is 13.8. The number of benzene rings is 1. The van der Waals surface area contributed by atoms with Crippen LogP contribution in [0.5, 0.6) is 5.75 Å². The van der Waals surface area contributed by atoms with Gasteiger partial charge in [-0.05, 0) is 26.2 Å². The van der Waals surface area contributed by atoms with Gasteiger partial charge in [-0.1, -0.05) is 0 Å². The molecule has 1 aromatic heterocycles. The molecule has 8 nitrogen and oxygen atoms in total. The molecule has 0 saturated carbocycles. The summed E-state index contributed by atoms with van der Waals surface area (Å²) in [6.45, 7) is 1.03. The van der Waals surface area contributed by atoms with Crippen molar-refractivity contribution in [1.82, 2.24) is 9.88 Å². The van der Waals surface area contributed by atoms with Gasteiger partial charge < -0.3 is 15.0 Å². The lowest BCUT2D eigenvalue weighted by molar-refractivity contribution is 0.0965. The van der Waals surface area contributed by atoms with Crippen LogP contribution in [-0.4, -0.2) is 67.4 Å². The normalized spacial score (nSPS) is 15.0. The number of halogens is 1. The number of nitrogens with zero attached hydrogens (tertiary/aromatic N) is 3. The summed E-state index contributed by atoms with van der Waals surface area (Å²) in [5, 5.41) is 2.45. The molecule has 1 amide bonds. The largest absolute Gasteiger partial charge is 0.494 e. The Labute approximate surface area is 170 Å². The fourth-order valence-corrected chi connectivity index (χ4v) is 3.55. The maximum Gasteiger partial charge on any atom is 0.284 e. The molecule has 0 unspecified atom stereocenters. The molecule has 0 bridgehead atoms. The number of Topliss-reactive ketones (excluding diaryl/α,β-unsaturated/α-hetero) is 2. The third kappa shape index (κ3) is 4.54. The zero-order valence-corrected chi connectivity index (χ0v) is 16.9. The summed E-state index contributed by atoms with van der Waals surface area (Å²) < 4.78 is 18.6. The molecule has 0 saturated heterocycles. The van der Waals surface area contributed by atoms with Crippen molar-refractivity contribution in [3.8, 4) is 5.75 Å². The number of ketones is 2. The molecular formula is C19H19FN4O4S. The minimum Gasteiger partial charge on any atom is -0.494 e. The van der Waals surface area contributed by atoms with Gasteiger partial charge in [0.05, 0.1) is 25.8 Å². The van der Waals surface area contributed by atoms with E-state index in [9.17, 15) is 18.8 Å². The SMILES string of the molecule is COc1ccc(NC(=O)c2nc3c(s2)C(=O)CC(=NCCN(C)C)C3=O)cc1F. The van der Waals surface area contributed by atoms with Crippen molar-refractivity contribution >= 4 is 40.2 Å². The number of methoxy groups -OCH3 is 1. The van der Waals surface area contributed by atoms with Gasteiger partial charge in [-0.25, -0.2) is 9.37 Å². The number of hydrogen-bond donors (Lipinski definition) is 1. The second-order valence-electron chi connectivity index (χ2n) is 6.56. The van der Waals surface area contributed by atoms with E-state index in [1.165, 1.54) is 19.2 Å². The number of likely N-dealkylation sites (N-methyl/N-ethyl adjacent to an activating group) is 1. The summed E-state index contributed by atoms with van der Waals surface area (Å²) >= 11 is 0.842. The van der Waals surface area contributed by atoms with E-state index in [0.29, 0.717) is 13.1 Å². The van der Waals surface area contributed by atoms with Gasteiger partial charge in [0.1, 0.15) is 10.6 Å². The summed E-state index contributed by atoms with van der Waals surface area (Å²) in [5.74, 6) is -1.96. The van der Waals surface area contributed by atoms with Gasteiger partial charge in [0.2, 0.25) is 5.78 Å². The van der Waals surface area contributed by atoms with Crippen LogP contribution in [0.4, 0.5) is 10.1 Å². The topological polar surface area (TPSA) is 101 Å². The van der Waals surface area contributed by atoms with Crippen molar-refractivity contribution in [2.45, 2.75) is 6.42 Å². The van der Waals surface area contributed by atoms with Crippen LogP contribution in [-0.2, 0) is 0 Å². The summed E-state index contributed by atoms with van der Waals surface area (Å²) in [6.07, 6.45) is -0.105. The minimum atomic E-state index is -0.638. The summed E-state index contributed by atoms with van der Waals surface area (Å²) in [4.78, 5) is 47.8. The third-order valence-corrected chi connectivity index (χ3v) is 5.23. The number of amides is 1. The highest BCUT2D eigenvalue weighted by molar-refractivity contribution is 7.16. The highest BCUT2D eigenvalue weighted by Crippen LogP contribution is 2.27. The first kappa shape index (κ1) is 20.7. The highest BCUT2D eigenvalue weighted by atomic mass is 32.1. The lowest BCUT2D eigenvalue weighted by Crippen LogP contribution is -2.27. The first-order chi connectivity index (χ1) is 13.8. The van der Waals surface area contributed by atoms with Crippen LogP contribution >= 0.6 is 11.3 Å². The number of carbonyl (C=O) groups is 3. The van der Waals surface area contributed by atoms with Gasteiger partial charge in [0.15, 0.2) is 22.4 Å². The van der Waals surface area contributed by atoms with E-state index in [1.54, 1.807) is 0 Å². The van der Waals surface area contributed by atoms with Gasteiger partial charge >= 0.3 is 0 Å². The average molecular weight is 418 g/mol. The smallest absolute Gasteiger partial charge is 0.284 e. The number of aromatic nitrogens is 1. The fourth-order valence-electron chi connectivity index (χ4n) is 2.65. The molecule has 1 aromatic carbocycles. The van der Waals surface area contributed by atoms with Crippen molar-refractivity contribution < 1.29 is 23.5 Å². The Hall–Kier alpha value is -2.98. The number of rotatable bonds is 6. The van der Waals surface area contributed by atoms with Crippen LogP contribution in [0, 0.1) is 5.82 Å². The number of carbonyl (C=O) groups excluding carboxylic acids is 3. The molecule has 1 heterocycles. The predicted molar refractivity (Wildman–Crippen MR) is 107 cm³/mol. The first-order valence-corrected chi connectivity index (χ1v) is 9.53. The van der Waals surface area contributed by atoms with Crippen LogP contribution in [0.2, 0.25) is 0 Å². The van der Waals surface area contributed by atoms with Crippen LogP contribution < -0.4 is 10.1 Å². The molecule has 29 heavy (non-hydrogen) atoms. The number of hydrogen-bond acceptors (Lipinski definition) is 8. The summed E-state index contributed by atoms with van der Waals surface area (Å²) in [5.41, 5.74) is 0.296. The van der Waals surface area contributed by atoms with Crippen LogP contribution in [0.3, 0.4) is 0 Å². The third-order valence-electron chi connectivity index (χ3n) is 4.14. The molecule has 1 aliphatic rings. The molecule has 0 radical (unpaired) electrons. The summed E-state index contributed by atoms with van der Waals surface area (Å²) in [6, 6.07) is 3.95. The van der Waals surface area contributed by atoms with Crippen molar-refractivity contribution in [3.63, 3.8) is 0 Å². The highest BCUT2D eigenvalue weighted by Gasteiger charge is 2.34. The molecule has 1 N–H and O–H groups in total. The molecule has 0 atom stereocenters. The Kier molecular flexibility index (Phi) is 6.14. The standard InChI is InChI=1S/C19H19FN4O4S/c1-24(2)7-6-21-12-9-13(25)17-15(16(12)26)23-19(29-17)18(27)22-10-4-5-14(28-3)11(20)8-10/h4-5,8H,6-7,9H2,1-3H3,(H,22,27). The van der Waals surface area contributed by atoms with Gasteiger partial charge in [0, 0.05) is 18.3 Å². The predicted octanol–water partition coefficient (Wildman–Crippen LogP) is 2.31. The van der Waals surface area contributed by atoms with E-state index in [4.69, 9.17) is 4.74 Å². The molecular weight excluding hydrogens is 399 g/mol. The summed E-state index contributed by atoms with van der Waals surface area (Å²) in [7, 11) is 5.10. The molecule has 3 rings (SSSR count). The van der Waals surface area contributed by atoms with E-state index in [2.05, 4.69) is 15.3 Å². The maximum atomic E-state index is 13.8. The number of aliphatic imine (C=N–C) groups is 1. The molecule has 2 aromatic rings. The molecule has 0 aliphatic heterocycles. The Morgan fingerprint density at radius 2 is 2.14 bits per heavy atom. The average Bonchev–Trinajstić information content (AvgIpc) is 3.12. The van der Waals surface area contributed by atoms with Crippen LogP contribution in [0.1, 0.15) is 36.4 Å². The molecule has 0 spiro atoms. The number of fused-ring (bicyclic) bond motifs is 1.